The molecule has 1 fully saturated rings. The fraction of sp³-hybridized carbons (Fsp3) is 0.286. The molecule has 4 rings (SSSR count). The lowest BCUT2D eigenvalue weighted by Gasteiger charge is -2.33. The fourth-order valence-electron chi connectivity index (χ4n) is 3.38. The van der Waals surface area contributed by atoms with E-state index in [4.69, 9.17) is 0 Å². The zero-order valence-electron chi connectivity index (χ0n) is 16.3. The van der Waals surface area contributed by atoms with E-state index in [1.807, 2.05) is 23.6 Å². The monoisotopic (exact) mass is 442 g/mol. The van der Waals surface area contributed by atoms with Gasteiger partial charge in [-0.25, -0.2) is 13.4 Å². The molecule has 3 heterocycles. The van der Waals surface area contributed by atoms with E-state index in [-0.39, 0.29) is 30.3 Å². The molecule has 1 aliphatic heterocycles. The van der Waals surface area contributed by atoms with Gasteiger partial charge < -0.3 is 4.90 Å². The van der Waals surface area contributed by atoms with Crippen LogP contribution in [0.2, 0.25) is 0 Å². The molecule has 1 aliphatic rings. The highest BCUT2D eigenvalue weighted by molar-refractivity contribution is 7.89. The van der Waals surface area contributed by atoms with Crippen LogP contribution in [0.25, 0.3) is 0 Å². The van der Waals surface area contributed by atoms with Crippen molar-refractivity contribution < 1.29 is 13.2 Å². The molecule has 0 bridgehead atoms. The molecule has 1 aromatic carbocycles. The maximum atomic E-state index is 12.7. The number of sulfonamides is 1. The smallest absolute Gasteiger partial charge is 0.244 e. The summed E-state index contributed by atoms with van der Waals surface area (Å²) >= 11 is 1.56. The van der Waals surface area contributed by atoms with Gasteiger partial charge in [-0.05, 0) is 17.7 Å². The van der Waals surface area contributed by atoms with E-state index >= 15 is 0 Å². The number of pyridine rings is 1. The highest BCUT2D eigenvalue weighted by atomic mass is 32.2. The zero-order chi connectivity index (χ0) is 21.0. The van der Waals surface area contributed by atoms with E-state index in [1.165, 1.54) is 22.1 Å². The number of rotatable bonds is 6. The first-order valence-corrected chi connectivity index (χ1v) is 12.0. The lowest BCUT2D eigenvalue weighted by molar-refractivity contribution is -0.131. The standard InChI is InChI=1S/C21H22N4O3S2/c26-21(14-18-16-29-20(23-18)13-17-5-2-1-3-6-17)24-9-11-25(12-10-24)30(27,28)19-7-4-8-22-15-19/h1-8,15-16H,9-14H2. The van der Waals surface area contributed by atoms with Crippen molar-refractivity contribution in [1.82, 2.24) is 19.2 Å². The molecule has 1 saturated heterocycles. The molecule has 7 nitrogen and oxygen atoms in total. The first-order valence-electron chi connectivity index (χ1n) is 9.67. The second-order valence-electron chi connectivity index (χ2n) is 7.05. The van der Waals surface area contributed by atoms with Gasteiger partial charge in [-0.3, -0.25) is 9.78 Å². The van der Waals surface area contributed by atoms with Crippen molar-refractivity contribution in [3.63, 3.8) is 0 Å². The van der Waals surface area contributed by atoms with E-state index in [1.54, 1.807) is 28.5 Å². The summed E-state index contributed by atoms with van der Waals surface area (Å²) in [6, 6.07) is 13.2. The molecule has 0 spiro atoms. The summed E-state index contributed by atoms with van der Waals surface area (Å²) in [5.74, 6) is -0.0232. The molecule has 0 radical (unpaired) electrons. The summed E-state index contributed by atoms with van der Waals surface area (Å²) in [5, 5.41) is 2.91. The molecule has 9 heteroatoms. The topological polar surface area (TPSA) is 83.5 Å². The molecule has 0 unspecified atom stereocenters. The average molecular weight is 443 g/mol. The van der Waals surface area contributed by atoms with Crippen LogP contribution >= 0.6 is 11.3 Å². The predicted molar refractivity (Wildman–Crippen MR) is 115 cm³/mol. The van der Waals surface area contributed by atoms with Crippen molar-refractivity contribution in [2.75, 3.05) is 26.2 Å². The number of piperazine rings is 1. The molecule has 3 aromatic rings. The van der Waals surface area contributed by atoms with Crippen LogP contribution in [0.1, 0.15) is 16.3 Å². The second-order valence-corrected chi connectivity index (χ2v) is 9.93. The SMILES string of the molecule is O=C(Cc1csc(Cc2ccccc2)n1)N1CCN(S(=O)(=O)c2cccnc2)CC1. The van der Waals surface area contributed by atoms with Crippen molar-refractivity contribution in [1.29, 1.82) is 0 Å². The highest BCUT2D eigenvalue weighted by Gasteiger charge is 2.30. The number of hydrogen-bond acceptors (Lipinski definition) is 6. The second kappa shape index (κ2) is 9.03. The minimum Gasteiger partial charge on any atom is -0.340 e. The Morgan fingerprint density at radius 3 is 2.50 bits per heavy atom. The number of amides is 1. The van der Waals surface area contributed by atoms with Crippen LogP contribution < -0.4 is 0 Å². The number of aromatic nitrogens is 2. The molecule has 0 atom stereocenters. The third-order valence-electron chi connectivity index (χ3n) is 4.99. The van der Waals surface area contributed by atoms with Gasteiger partial charge in [0.2, 0.25) is 15.9 Å². The Morgan fingerprint density at radius 1 is 1.03 bits per heavy atom. The van der Waals surface area contributed by atoms with Gasteiger partial charge >= 0.3 is 0 Å². The number of thiazole rings is 1. The van der Waals surface area contributed by atoms with Gasteiger partial charge in [0.25, 0.3) is 0 Å². The Hall–Kier alpha value is -2.62. The number of hydrogen-bond donors (Lipinski definition) is 0. The fourth-order valence-corrected chi connectivity index (χ4v) is 5.59. The molecule has 1 amide bonds. The molecule has 0 aliphatic carbocycles. The van der Waals surface area contributed by atoms with Gasteiger partial charge in [0, 0.05) is 50.4 Å². The zero-order valence-corrected chi connectivity index (χ0v) is 18.0. The van der Waals surface area contributed by atoms with Gasteiger partial charge in [0.05, 0.1) is 17.1 Å². The van der Waals surface area contributed by atoms with Crippen molar-refractivity contribution in [3.05, 3.63) is 76.5 Å². The maximum Gasteiger partial charge on any atom is 0.244 e. The number of nitrogens with zero attached hydrogens (tertiary/aromatic N) is 4. The molecular weight excluding hydrogens is 420 g/mol. The predicted octanol–water partition coefficient (Wildman–Crippen LogP) is 2.20. The third-order valence-corrected chi connectivity index (χ3v) is 7.77. The maximum absolute atomic E-state index is 12.7. The number of benzene rings is 1. The normalized spacial score (nSPS) is 15.3. The number of carbonyl (C=O) groups is 1. The molecule has 156 valence electrons. The first kappa shape index (κ1) is 20.6. The molecular formula is C21H22N4O3S2. The molecule has 0 N–H and O–H groups in total. The average Bonchev–Trinajstić information content (AvgIpc) is 3.21. The van der Waals surface area contributed by atoms with Gasteiger partial charge in [-0.15, -0.1) is 11.3 Å². The Morgan fingerprint density at radius 2 is 1.80 bits per heavy atom. The first-order chi connectivity index (χ1) is 14.5. The molecule has 30 heavy (non-hydrogen) atoms. The van der Waals surface area contributed by atoms with Crippen molar-refractivity contribution in [2.24, 2.45) is 0 Å². The van der Waals surface area contributed by atoms with Crippen LogP contribution in [-0.4, -0.2) is 59.7 Å². The molecule has 2 aromatic heterocycles. The Bertz CT molecular complexity index is 1090. The summed E-state index contributed by atoms with van der Waals surface area (Å²) < 4.78 is 26.8. The van der Waals surface area contributed by atoms with Crippen LogP contribution in [0.3, 0.4) is 0 Å². The van der Waals surface area contributed by atoms with Crippen molar-refractivity contribution >= 4 is 27.3 Å². The Balaban J connectivity index is 1.32. The summed E-state index contributed by atoms with van der Waals surface area (Å²) in [4.78, 5) is 23.0. The van der Waals surface area contributed by atoms with Crippen LogP contribution in [-0.2, 0) is 27.7 Å². The highest BCUT2D eigenvalue weighted by Crippen LogP contribution is 2.18. The summed E-state index contributed by atoms with van der Waals surface area (Å²) in [6.45, 7) is 1.30. The molecule has 0 saturated carbocycles. The quantitative estimate of drug-likeness (QED) is 0.584. The van der Waals surface area contributed by atoms with E-state index in [0.29, 0.717) is 13.1 Å². The van der Waals surface area contributed by atoms with Gasteiger partial charge in [0.1, 0.15) is 4.90 Å². The summed E-state index contributed by atoms with van der Waals surface area (Å²) in [6.07, 6.45) is 3.88. The number of carbonyl (C=O) groups excluding carboxylic acids is 1. The van der Waals surface area contributed by atoms with Crippen LogP contribution in [0, 0.1) is 0 Å². The van der Waals surface area contributed by atoms with Crippen molar-refractivity contribution in [3.8, 4) is 0 Å². The minimum atomic E-state index is -3.57. The third kappa shape index (κ3) is 4.75. The summed E-state index contributed by atoms with van der Waals surface area (Å²) in [7, 11) is -3.57. The van der Waals surface area contributed by atoms with E-state index < -0.39 is 10.0 Å². The van der Waals surface area contributed by atoms with Crippen LogP contribution in [0.15, 0.2) is 65.1 Å². The minimum absolute atomic E-state index is 0.0232. The van der Waals surface area contributed by atoms with E-state index in [0.717, 1.165) is 17.1 Å². The lowest BCUT2D eigenvalue weighted by Crippen LogP contribution is -2.50. The lowest BCUT2D eigenvalue weighted by atomic mass is 10.2. The van der Waals surface area contributed by atoms with Crippen LogP contribution in [0.5, 0.6) is 0 Å². The van der Waals surface area contributed by atoms with Crippen LogP contribution in [0.4, 0.5) is 0 Å². The van der Waals surface area contributed by atoms with E-state index in [9.17, 15) is 13.2 Å². The van der Waals surface area contributed by atoms with Crippen molar-refractivity contribution in [2.45, 2.75) is 17.7 Å². The van der Waals surface area contributed by atoms with E-state index in [2.05, 4.69) is 22.1 Å². The Kier molecular flexibility index (Phi) is 6.21. The van der Waals surface area contributed by atoms with Gasteiger partial charge in [-0.1, -0.05) is 30.3 Å². The van der Waals surface area contributed by atoms with Gasteiger partial charge in [-0.2, -0.15) is 4.31 Å². The van der Waals surface area contributed by atoms with Gasteiger partial charge in [0.15, 0.2) is 0 Å². The Labute approximate surface area is 180 Å². The largest absolute Gasteiger partial charge is 0.340 e. The summed E-state index contributed by atoms with van der Waals surface area (Å²) in [5.41, 5.74) is 1.96.